The van der Waals surface area contributed by atoms with Gasteiger partial charge in [0.1, 0.15) is 0 Å². The van der Waals surface area contributed by atoms with Crippen molar-refractivity contribution in [1.82, 2.24) is 0 Å². The number of halogens is 1. The highest BCUT2D eigenvalue weighted by Crippen LogP contribution is 2.40. The number of hydrogen-bond acceptors (Lipinski definition) is 7. The SMILES string of the molecule is CC(=O)O[C@@H]1S[C@@H](OC(=O)C(C)=Cc2ccccc2)[C@@H](OC(=O)C=Cc2ccccc2)[C@@H]1F. The van der Waals surface area contributed by atoms with E-state index in [1.165, 1.54) is 6.08 Å². The smallest absolute Gasteiger partial charge is 0.334 e. The number of alkyl halides is 1. The van der Waals surface area contributed by atoms with Crippen molar-refractivity contribution < 1.29 is 33.0 Å². The zero-order valence-electron chi connectivity index (χ0n) is 18.1. The minimum Gasteiger partial charge on any atom is -0.451 e. The molecule has 33 heavy (non-hydrogen) atoms. The zero-order chi connectivity index (χ0) is 23.8. The molecule has 2 aromatic carbocycles. The second-order valence-electron chi connectivity index (χ2n) is 7.22. The molecular weight excluding hydrogens is 447 g/mol. The molecule has 6 nitrogen and oxygen atoms in total. The van der Waals surface area contributed by atoms with Crippen molar-refractivity contribution >= 4 is 41.8 Å². The quantitative estimate of drug-likeness (QED) is 0.333. The summed E-state index contributed by atoms with van der Waals surface area (Å²) in [7, 11) is 0. The lowest BCUT2D eigenvalue weighted by Crippen LogP contribution is -2.36. The molecule has 1 fully saturated rings. The van der Waals surface area contributed by atoms with Gasteiger partial charge in [-0.05, 0) is 30.2 Å². The van der Waals surface area contributed by atoms with Crippen LogP contribution in [0.15, 0.2) is 72.3 Å². The van der Waals surface area contributed by atoms with Crippen molar-refractivity contribution in [1.29, 1.82) is 0 Å². The van der Waals surface area contributed by atoms with E-state index in [-0.39, 0.29) is 5.57 Å². The molecule has 0 saturated carbocycles. The van der Waals surface area contributed by atoms with Gasteiger partial charge in [-0.1, -0.05) is 72.4 Å². The molecule has 3 rings (SSSR count). The van der Waals surface area contributed by atoms with E-state index < -0.39 is 41.1 Å². The fraction of sp³-hybridized carbons (Fsp3) is 0.240. The van der Waals surface area contributed by atoms with E-state index >= 15 is 0 Å². The first-order chi connectivity index (χ1) is 15.8. The Bertz CT molecular complexity index is 1040. The molecule has 1 heterocycles. The molecule has 0 amide bonds. The van der Waals surface area contributed by atoms with Gasteiger partial charge in [-0.3, -0.25) is 4.79 Å². The van der Waals surface area contributed by atoms with Gasteiger partial charge in [0.15, 0.2) is 23.1 Å². The van der Waals surface area contributed by atoms with Crippen LogP contribution in [0.1, 0.15) is 25.0 Å². The molecule has 0 bridgehead atoms. The van der Waals surface area contributed by atoms with Crippen LogP contribution in [0.5, 0.6) is 0 Å². The fourth-order valence-corrected chi connectivity index (χ4v) is 4.28. The number of ether oxygens (including phenoxy) is 3. The van der Waals surface area contributed by atoms with Crippen molar-refractivity contribution in [2.75, 3.05) is 0 Å². The first-order valence-corrected chi connectivity index (χ1v) is 11.1. The lowest BCUT2D eigenvalue weighted by atomic mass is 10.1. The van der Waals surface area contributed by atoms with Gasteiger partial charge in [0.2, 0.25) is 0 Å². The summed E-state index contributed by atoms with van der Waals surface area (Å²) in [5.74, 6) is -2.21. The Kier molecular flexibility index (Phi) is 8.43. The van der Waals surface area contributed by atoms with Gasteiger partial charge < -0.3 is 14.2 Å². The molecule has 0 N–H and O–H groups in total. The molecule has 0 unspecified atom stereocenters. The van der Waals surface area contributed by atoms with Crippen molar-refractivity contribution in [3.05, 3.63) is 83.4 Å². The average molecular weight is 471 g/mol. The van der Waals surface area contributed by atoms with Gasteiger partial charge in [0.25, 0.3) is 0 Å². The highest BCUT2D eigenvalue weighted by atomic mass is 32.2. The van der Waals surface area contributed by atoms with Gasteiger partial charge in [-0.15, -0.1) is 0 Å². The van der Waals surface area contributed by atoms with Gasteiger partial charge in [-0.25, -0.2) is 14.0 Å². The molecule has 2 aromatic rings. The predicted molar refractivity (Wildman–Crippen MR) is 123 cm³/mol. The van der Waals surface area contributed by atoms with E-state index in [0.717, 1.165) is 35.9 Å². The normalized spacial score (nSPS) is 22.7. The second-order valence-corrected chi connectivity index (χ2v) is 8.42. The van der Waals surface area contributed by atoms with Crippen LogP contribution < -0.4 is 0 Å². The molecule has 1 saturated heterocycles. The number of rotatable bonds is 7. The molecule has 1 aliphatic heterocycles. The molecule has 4 atom stereocenters. The highest BCUT2D eigenvalue weighted by Gasteiger charge is 2.51. The molecular formula is C25H23FO6S. The summed E-state index contributed by atoms with van der Waals surface area (Å²) in [6.07, 6.45) is 0.993. The number of hydrogen-bond donors (Lipinski definition) is 0. The van der Waals surface area contributed by atoms with Crippen molar-refractivity contribution in [3.8, 4) is 0 Å². The van der Waals surface area contributed by atoms with Crippen LogP contribution >= 0.6 is 11.8 Å². The summed E-state index contributed by atoms with van der Waals surface area (Å²) >= 11 is 0.774. The van der Waals surface area contributed by atoms with Crippen molar-refractivity contribution in [3.63, 3.8) is 0 Å². The summed E-state index contributed by atoms with van der Waals surface area (Å²) in [6.45, 7) is 2.71. The lowest BCUT2D eigenvalue weighted by Gasteiger charge is -2.20. The predicted octanol–water partition coefficient (Wildman–Crippen LogP) is 4.56. The maximum absolute atomic E-state index is 15.0. The molecule has 8 heteroatoms. The van der Waals surface area contributed by atoms with Gasteiger partial charge in [0.05, 0.1) is 0 Å². The van der Waals surface area contributed by atoms with Crippen molar-refractivity contribution in [2.24, 2.45) is 0 Å². The van der Waals surface area contributed by atoms with E-state index in [0.29, 0.717) is 0 Å². The fourth-order valence-electron chi connectivity index (χ4n) is 3.02. The monoisotopic (exact) mass is 470 g/mol. The summed E-state index contributed by atoms with van der Waals surface area (Å²) < 4.78 is 30.6. The Morgan fingerprint density at radius 2 is 1.45 bits per heavy atom. The summed E-state index contributed by atoms with van der Waals surface area (Å²) in [4.78, 5) is 36.2. The third-order valence-electron chi connectivity index (χ3n) is 4.58. The van der Waals surface area contributed by atoms with Crippen LogP contribution in [-0.2, 0) is 28.6 Å². The summed E-state index contributed by atoms with van der Waals surface area (Å²) in [5, 5.41) is 0. The van der Waals surface area contributed by atoms with Crippen LogP contribution in [-0.4, -0.2) is 41.1 Å². The Morgan fingerprint density at radius 1 is 0.848 bits per heavy atom. The maximum Gasteiger partial charge on any atom is 0.334 e. The van der Waals surface area contributed by atoms with E-state index in [4.69, 9.17) is 14.2 Å². The Labute approximate surface area is 195 Å². The first-order valence-electron chi connectivity index (χ1n) is 10.2. The average Bonchev–Trinajstić information content (AvgIpc) is 3.07. The van der Waals surface area contributed by atoms with E-state index in [1.807, 2.05) is 36.4 Å². The molecule has 0 radical (unpaired) electrons. The van der Waals surface area contributed by atoms with Crippen molar-refractivity contribution in [2.45, 2.75) is 37.0 Å². The van der Waals surface area contributed by atoms with E-state index in [1.54, 1.807) is 37.3 Å². The van der Waals surface area contributed by atoms with Crippen LogP contribution in [0.2, 0.25) is 0 Å². The minimum atomic E-state index is -1.87. The standard InChI is InChI=1S/C25H23FO6S/c1-16(15-19-11-7-4-8-12-19)23(29)32-25-22(21(26)24(33-25)30-17(2)27)31-20(28)14-13-18-9-5-3-6-10-18/h3-15,21-22,24-25H,1-2H3/t21-,22-,24+,25+/m0/s1. The van der Waals surface area contributed by atoms with Crippen LogP contribution in [0.4, 0.5) is 4.39 Å². The molecule has 0 aromatic heterocycles. The molecule has 0 spiro atoms. The number of benzene rings is 2. The Hall–Kier alpha value is -3.39. The number of carbonyl (C=O) groups excluding carboxylic acids is 3. The largest absolute Gasteiger partial charge is 0.451 e. The van der Waals surface area contributed by atoms with E-state index in [9.17, 15) is 18.8 Å². The van der Waals surface area contributed by atoms with Crippen LogP contribution in [0.25, 0.3) is 12.2 Å². The van der Waals surface area contributed by atoms with Crippen LogP contribution in [0.3, 0.4) is 0 Å². The van der Waals surface area contributed by atoms with E-state index in [2.05, 4.69) is 0 Å². The first kappa shape index (κ1) is 24.3. The maximum atomic E-state index is 15.0. The molecule has 1 aliphatic rings. The second kappa shape index (κ2) is 11.5. The van der Waals surface area contributed by atoms with Crippen LogP contribution in [0, 0.1) is 0 Å². The molecule has 0 aliphatic carbocycles. The number of esters is 3. The third-order valence-corrected chi connectivity index (χ3v) is 5.84. The minimum absolute atomic E-state index is 0.280. The van der Waals surface area contributed by atoms with Gasteiger partial charge >= 0.3 is 17.9 Å². The number of thioether (sulfide) groups is 1. The highest BCUT2D eigenvalue weighted by molar-refractivity contribution is 8.00. The lowest BCUT2D eigenvalue weighted by molar-refractivity contribution is -0.161. The topological polar surface area (TPSA) is 78.9 Å². The number of carbonyl (C=O) groups is 3. The third kappa shape index (κ3) is 7.05. The van der Waals surface area contributed by atoms with Gasteiger partial charge in [-0.2, -0.15) is 0 Å². The Balaban J connectivity index is 1.71. The zero-order valence-corrected chi connectivity index (χ0v) is 18.9. The summed E-state index contributed by atoms with van der Waals surface area (Å²) in [6, 6.07) is 18.2. The van der Waals surface area contributed by atoms with Gasteiger partial charge in [0, 0.05) is 18.6 Å². The summed E-state index contributed by atoms with van der Waals surface area (Å²) in [5.41, 5.74) is -0.627. The Morgan fingerprint density at radius 3 is 2.06 bits per heavy atom. The molecule has 172 valence electrons.